The molecule has 1 aromatic rings. The second-order valence-electron chi connectivity index (χ2n) is 3.85. The number of rotatable bonds is 2. The molecule has 1 amide bonds. The molecule has 0 bridgehead atoms. The number of carbonyl (C=O) groups is 2. The monoisotopic (exact) mass is 203 g/mol. The van der Waals surface area contributed by atoms with E-state index in [0.29, 0.717) is 12.8 Å². The summed E-state index contributed by atoms with van der Waals surface area (Å²) >= 11 is 0. The number of piperidine rings is 1. The van der Waals surface area contributed by atoms with Crippen LogP contribution in [0.2, 0.25) is 0 Å². The van der Waals surface area contributed by atoms with Gasteiger partial charge in [-0.1, -0.05) is 30.3 Å². The molecule has 0 spiro atoms. The molecule has 2 rings (SSSR count). The number of benzene rings is 1. The van der Waals surface area contributed by atoms with E-state index >= 15 is 0 Å². The highest BCUT2D eigenvalue weighted by Gasteiger charge is 2.26. The predicted molar refractivity (Wildman–Crippen MR) is 56.3 cm³/mol. The van der Waals surface area contributed by atoms with Crippen molar-refractivity contribution < 1.29 is 9.59 Å². The van der Waals surface area contributed by atoms with Gasteiger partial charge in [0.15, 0.2) is 5.78 Å². The summed E-state index contributed by atoms with van der Waals surface area (Å²) in [5.41, 5.74) is 1.10. The number of ketones is 1. The largest absolute Gasteiger partial charge is 0.349 e. The normalized spacial score (nSPS) is 21.2. The van der Waals surface area contributed by atoms with Crippen molar-refractivity contribution in [2.24, 2.45) is 5.92 Å². The molecular formula is C12H13NO2. The zero-order chi connectivity index (χ0) is 10.7. The zero-order valence-corrected chi connectivity index (χ0v) is 8.40. The van der Waals surface area contributed by atoms with Crippen molar-refractivity contribution in [1.29, 1.82) is 0 Å². The molecule has 0 aromatic heterocycles. The van der Waals surface area contributed by atoms with E-state index < -0.39 is 0 Å². The Labute approximate surface area is 88.5 Å². The average molecular weight is 203 g/mol. The van der Waals surface area contributed by atoms with Gasteiger partial charge in [0.1, 0.15) is 0 Å². The third-order valence-corrected chi connectivity index (χ3v) is 2.63. The molecule has 1 saturated heterocycles. The highest BCUT2D eigenvalue weighted by molar-refractivity contribution is 5.94. The van der Waals surface area contributed by atoms with Crippen molar-refractivity contribution >= 4 is 11.7 Å². The first-order chi connectivity index (χ1) is 7.25. The number of Topliss-reactive ketones (excluding diaryl/α,β-unsaturated/α-hetero) is 1. The number of nitrogens with one attached hydrogen (secondary N) is 1. The maximum absolute atomic E-state index is 11.5. The van der Waals surface area contributed by atoms with Crippen LogP contribution < -0.4 is 5.32 Å². The molecular weight excluding hydrogens is 190 g/mol. The minimum absolute atomic E-state index is 0.00143. The fraction of sp³-hybridized carbons (Fsp3) is 0.333. The van der Waals surface area contributed by atoms with E-state index in [4.69, 9.17) is 0 Å². The van der Waals surface area contributed by atoms with Crippen molar-refractivity contribution in [3.05, 3.63) is 35.9 Å². The summed E-state index contributed by atoms with van der Waals surface area (Å²) in [5, 5.41) is 2.61. The number of hydrogen-bond donors (Lipinski definition) is 1. The molecule has 3 nitrogen and oxygen atoms in total. The fourth-order valence-electron chi connectivity index (χ4n) is 1.83. The Kier molecular flexibility index (Phi) is 2.81. The Hall–Kier alpha value is -1.64. The molecule has 1 atom stereocenters. The molecule has 3 heteroatoms. The Morgan fingerprint density at radius 2 is 1.93 bits per heavy atom. The first-order valence-electron chi connectivity index (χ1n) is 5.09. The van der Waals surface area contributed by atoms with Gasteiger partial charge in [0.25, 0.3) is 0 Å². The minimum Gasteiger partial charge on any atom is -0.349 e. The van der Waals surface area contributed by atoms with Crippen molar-refractivity contribution in [1.82, 2.24) is 5.32 Å². The van der Waals surface area contributed by atoms with Gasteiger partial charge in [-0.05, 0) is 12.0 Å². The van der Waals surface area contributed by atoms with Crippen molar-refractivity contribution in [2.45, 2.75) is 12.8 Å². The molecule has 1 unspecified atom stereocenters. The van der Waals surface area contributed by atoms with Crippen LogP contribution >= 0.6 is 0 Å². The number of carbonyl (C=O) groups excluding carboxylic acids is 2. The molecule has 1 aliphatic heterocycles. The van der Waals surface area contributed by atoms with Crippen LogP contribution in [0, 0.1) is 5.92 Å². The van der Waals surface area contributed by atoms with E-state index in [0.717, 1.165) is 5.56 Å². The Balaban J connectivity index is 2.05. The highest BCUT2D eigenvalue weighted by atomic mass is 16.2. The van der Waals surface area contributed by atoms with Crippen LogP contribution in [0.25, 0.3) is 0 Å². The maximum Gasteiger partial charge on any atom is 0.224 e. The summed E-state index contributed by atoms with van der Waals surface area (Å²) in [6.45, 7) is 0.199. The van der Waals surface area contributed by atoms with E-state index in [1.165, 1.54) is 0 Å². The molecule has 1 heterocycles. The maximum atomic E-state index is 11.5. The van der Waals surface area contributed by atoms with Crippen LogP contribution in [0.3, 0.4) is 0 Å². The molecule has 1 N–H and O–H groups in total. The summed E-state index contributed by atoms with van der Waals surface area (Å²) in [7, 11) is 0. The van der Waals surface area contributed by atoms with Crippen LogP contribution in [0.15, 0.2) is 30.3 Å². The van der Waals surface area contributed by atoms with Gasteiger partial charge in [0.05, 0.1) is 6.54 Å². The zero-order valence-electron chi connectivity index (χ0n) is 8.40. The minimum atomic E-state index is -0.186. The van der Waals surface area contributed by atoms with Gasteiger partial charge in [-0.2, -0.15) is 0 Å². The van der Waals surface area contributed by atoms with Crippen molar-refractivity contribution in [3.8, 4) is 0 Å². The smallest absolute Gasteiger partial charge is 0.224 e. The van der Waals surface area contributed by atoms with Crippen LogP contribution in [-0.4, -0.2) is 18.2 Å². The Morgan fingerprint density at radius 1 is 1.20 bits per heavy atom. The second kappa shape index (κ2) is 4.26. The van der Waals surface area contributed by atoms with Gasteiger partial charge < -0.3 is 5.32 Å². The molecule has 15 heavy (non-hydrogen) atoms. The lowest BCUT2D eigenvalue weighted by atomic mass is 9.91. The first kappa shape index (κ1) is 9.90. The van der Waals surface area contributed by atoms with Gasteiger partial charge in [-0.15, -0.1) is 0 Å². The van der Waals surface area contributed by atoms with E-state index in [1.54, 1.807) is 0 Å². The van der Waals surface area contributed by atoms with E-state index in [-0.39, 0.29) is 24.2 Å². The van der Waals surface area contributed by atoms with Crippen molar-refractivity contribution in [2.75, 3.05) is 6.54 Å². The summed E-state index contributed by atoms with van der Waals surface area (Å²) in [5.74, 6) is -0.0670. The van der Waals surface area contributed by atoms with E-state index in [2.05, 4.69) is 5.32 Å². The third kappa shape index (κ3) is 2.43. The fourth-order valence-corrected chi connectivity index (χ4v) is 1.83. The number of hydrogen-bond acceptors (Lipinski definition) is 2. The Morgan fingerprint density at radius 3 is 2.67 bits per heavy atom. The van der Waals surface area contributed by atoms with Crippen LogP contribution in [0.1, 0.15) is 12.0 Å². The van der Waals surface area contributed by atoms with Gasteiger partial charge in [0, 0.05) is 12.3 Å². The lowest BCUT2D eigenvalue weighted by Gasteiger charge is -2.20. The molecule has 0 saturated carbocycles. The van der Waals surface area contributed by atoms with Crippen molar-refractivity contribution in [3.63, 3.8) is 0 Å². The van der Waals surface area contributed by atoms with Gasteiger partial charge >= 0.3 is 0 Å². The summed E-state index contributed by atoms with van der Waals surface area (Å²) in [6, 6.07) is 9.78. The van der Waals surface area contributed by atoms with E-state index in [9.17, 15) is 9.59 Å². The standard InChI is InChI=1S/C12H13NO2/c14-11-7-10(12(15)13-8-11)6-9-4-2-1-3-5-9/h1-5,10H,6-8H2,(H,13,15). The SMILES string of the molecule is O=C1CNC(=O)C(Cc2ccccc2)C1. The molecule has 1 aliphatic rings. The van der Waals surface area contributed by atoms with Gasteiger partial charge in [-0.3, -0.25) is 9.59 Å². The summed E-state index contributed by atoms with van der Waals surface area (Å²) in [4.78, 5) is 22.7. The highest BCUT2D eigenvalue weighted by Crippen LogP contribution is 2.15. The lowest BCUT2D eigenvalue weighted by molar-refractivity contribution is -0.134. The van der Waals surface area contributed by atoms with Crippen LogP contribution in [0.4, 0.5) is 0 Å². The quantitative estimate of drug-likeness (QED) is 0.777. The van der Waals surface area contributed by atoms with Crippen LogP contribution in [-0.2, 0) is 16.0 Å². The predicted octanol–water partition coefficient (Wildman–Crippen LogP) is 0.934. The molecule has 0 radical (unpaired) electrons. The lowest BCUT2D eigenvalue weighted by Crippen LogP contribution is -2.42. The van der Waals surface area contributed by atoms with E-state index in [1.807, 2.05) is 30.3 Å². The van der Waals surface area contributed by atoms with Crippen LogP contribution in [0.5, 0.6) is 0 Å². The molecule has 1 fully saturated rings. The molecule has 1 aromatic carbocycles. The average Bonchev–Trinajstić information content (AvgIpc) is 2.25. The summed E-state index contributed by atoms with van der Waals surface area (Å²) in [6.07, 6.45) is 1.03. The topological polar surface area (TPSA) is 46.2 Å². The first-order valence-corrected chi connectivity index (χ1v) is 5.09. The third-order valence-electron chi connectivity index (χ3n) is 2.63. The second-order valence-corrected chi connectivity index (χ2v) is 3.85. The van der Waals surface area contributed by atoms with Gasteiger partial charge in [-0.25, -0.2) is 0 Å². The summed E-state index contributed by atoms with van der Waals surface area (Å²) < 4.78 is 0. The van der Waals surface area contributed by atoms with Gasteiger partial charge in [0.2, 0.25) is 5.91 Å². The molecule has 78 valence electrons. The Bertz CT molecular complexity index is 372. The number of amides is 1. The molecule has 0 aliphatic carbocycles.